The molecule has 2 aliphatic rings. The van der Waals surface area contributed by atoms with Crippen molar-refractivity contribution in [2.75, 3.05) is 13.2 Å². The van der Waals surface area contributed by atoms with E-state index in [1.54, 1.807) is 0 Å². The lowest BCUT2D eigenvalue weighted by Gasteiger charge is -2.24. The van der Waals surface area contributed by atoms with Crippen LogP contribution in [-0.2, 0) is 19.1 Å². The summed E-state index contributed by atoms with van der Waals surface area (Å²) in [5.74, 6) is -1.51. The third kappa shape index (κ3) is 5.48. The van der Waals surface area contributed by atoms with Gasteiger partial charge in [-0.3, -0.25) is 4.79 Å². The molecule has 0 spiro atoms. The Morgan fingerprint density at radius 1 is 1.06 bits per heavy atom. The first-order valence-electron chi connectivity index (χ1n) is 12.2. The predicted octanol–water partition coefficient (Wildman–Crippen LogP) is 3.69. The molecular formula is C27H32N2O6. The van der Waals surface area contributed by atoms with E-state index in [1.165, 1.54) is 0 Å². The molecule has 4 atom stereocenters. The summed E-state index contributed by atoms with van der Waals surface area (Å²) in [6.45, 7) is 4.20. The molecule has 8 nitrogen and oxygen atoms in total. The number of hydrogen-bond acceptors (Lipinski definition) is 5. The number of nitrogens with one attached hydrogen (secondary N) is 2. The van der Waals surface area contributed by atoms with Gasteiger partial charge in [0.25, 0.3) is 0 Å². The van der Waals surface area contributed by atoms with E-state index in [-0.39, 0.29) is 37.0 Å². The zero-order chi connectivity index (χ0) is 24.9. The van der Waals surface area contributed by atoms with Crippen LogP contribution in [0.3, 0.4) is 0 Å². The average molecular weight is 481 g/mol. The molecule has 8 heteroatoms. The number of fused-ring (bicyclic) bond motifs is 3. The molecule has 0 saturated carbocycles. The molecule has 35 heavy (non-hydrogen) atoms. The second-order valence-corrected chi connectivity index (χ2v) is 9.24. The Morgan fingerprint density at radius 2 is 1.69 bits per heavy atom. The van der Waals surface area contributed by atoms with Crippen LogP contribution in [0.25, 0.3) is 11.1 Å². The molecule has 4 rings (SSSR count). The summed E-state index contributed by atoms with van der Waals surface area (Å²) in [7, 11) is 0. The van der Waals surface area contributed by atoms with Crippen LogP contribution >= 0.6 is 0 Å². The van der Waals surface area contributed by atoms with Crippen molar-refractivity contribution < 1.29 is 29.0 Å². The maximum absolute atomic E-state index is 12.9. The van der Waals surface area contributed by atoms with E-state index >= 15 is 0 Å². The highest BCUT2D eigenvalue weighted by Gasteiger charge is 2.33. The zero-order valence-corrected chi connectivity index (χ0v) is 20.0. The van der Waals surface area contributed by atoms with Gasteiger partial charge in [0.1, 0.15) is 12.6 Å². The van der Waals surface area contributed by atoms with Crippen LogP contribution in [0, 0.1) is 5.92 Å². The summed E-state index contributed by atoms with van der Waals surface area (Å²) in [4.78, 5) is 36.7. The van der Waals surface area contributed by atoms with Crippen LogP contribution in [0.5, 0.6) is 0 Å². The topological polar surface area (TPSA) is 114 Å². The lowest BCUT2D eigenvalue weighted by atomic mass is 9.98. The number of carbonyl (C=O) groups excluding carboxylic acids is 2. The van der Waals surface area contributed by atoms with Gasteiger partial charge in [-0.05, 0) is 41.0 Å². The summed E-state index contributed by atoms with van der Waals surface area (Å²) >= 11 is 0. The fourth-order valence-corrected chi connectivity index (χ4v) is 4.83. The highest BCUT2D eigenvalue weighted by atomic mass is 16.5. The maximum atomic E-state index is 12.9. The highest BCUT2D eigenvalue weighted by Crippen LogP contribution is 2.44. The molecule has 0 bridgehead atoms. The molecular weight excluding hydrogens is 448 g/mol. The van der Waals surface area contributed by atoms with Crippen molar-refractivity contribution in [3.63, 3.8) is 0 Å². The Hall–Kier alpha value is -3.39. The molecule has 3 unspecified atom stereocenters. The smallest absolute Gasteiger partial charge is 0.407 e. The number of ether oxygens (including phenoxy) is 2. The largest absolute Gasteiger partial charge is 0.479 e. The Labute approximate surface area is 205 Å². The van der Waals surface area contributed by atoms with Crippen LogP contribution in [0.2, 0.25) is 0 Å². The average Bonchev–Trinajstić information content (AvgIpc) is 3.47. The first-order valence-corrected chi connectivity index (χ1v) is 12.2. The van der Waals surface area contributed by atoms with Crippen molar-refractivity contribution in [3.8, 4) is 11.1 Å². The van der Waals surface area contributed by atoms with Gasteiger partial charge in [0.15, 0.2) is 6.10 Å². The Balaban J connectivity index is 1.34. The fourth-order valence-electron chi connectivity index (χ4n) is 4.83. The summed E-state index contributed by atoms with van der Waals surface area (Å²) in [5.41, 5.74) is 4.53. The van der Waals surface area contributed by atoms with Crippen LogP contribution in [0.1, 0.15) is 50.2 Å². The molecule has 3 N–H and O–H groups in total. The quantitative estimate of drug-likeness (QED) is 0.504. The third-order valence-corrected chi connectivity index (χ3v) is 7.00. The predicted molar refractivity (Wildman–Crippen MR) is 130 cm³/mol. The molecule has 186 valence electrons. The normalized spacial score (nSPS) is 20.4. The summed E-state index contributed by atoms with van der Waals surface area (Å²) < 4.78 is 11.1. The van der Waals surface area contributed by atoms with Crippen LogP contribution in [-0.4, -0.2) is 54.5 Å². The van der Waals surface area contributed by atoms with Crippen molar-refractivity contribution in [1.82, 2.24) is 10.6 Å². The number of carboxylic acid groups (broad SMARTS) is 1. The minimum atomic E-state index is -0.992. The standard InChI is InChI=1S/C27H32N2O6/c1-3-16(2)24(25(30)28-14-17-12-13-23(35-17)26(31)32)29-27(33)34-15-22-20-10-6-4-8-18(20)19-9-5-7-11-21(19)22/h4-11,16-17,22-24H,3,12-15H2,1-2H3,(H,28,30)(H,29,33)(H,31,32)/t16?,17?,23?,24-/m0/s1. The Bertz CT molecular complexity index is 1040. The second kappa shape index (κ2) is 10.9. The van der Waals surface area contributed by atoms with E-state index in [0.717, 1.165) is 22.3 Å². The molecule has 1 aliphatic heterocycles. The lowest BCUT2D eigenvalue weighted by Crippen LogP contribution is -2.51. The molecule has 0 radical (unpaired) electrons. The van der Waals surface area contributed by atoms with Gasteiger partial charge in [0.05, 0.1) is 6.10 Å². The van der Waals surface area contributed by atoms with Gasteiger partial charge >= 0.3 is 12.1 Å². The second-order valence-electron chi connectivity index (χ2n) is 9.24. The number of amides is 2. The number of carboxylic acids is 1. The first-order chi connectivity index (χ1) is 16.9. The van der Waals surface area contributed by atoms with Gasteiger partial charge in [-0.15, -0.1) is 0 Å². The summed E-state index contributed by atoms with van der Waals surface area (Å²) in [6, 6.07) is 15.4. The van der Waals surface area contributed by atoms with Crippen molar-refractivity contribution in [3.05, 3.63) is 59.7 Å². The Morgan fingerprint density at radius 3 is 2.26 bits per heavy atom. The minimum Gasteiger partial charge on any atom is -0.479 e. The third-order valence-electron chi connectivity index (χ3n) is 7.00. The summed E-state index contributed by atoms with van der Waals surface area (Å²) in [5, 5.41) is 14.6. The SMILES string of the molecule is CCC(C)[C@H](NC(=O)OCC1c2ccccc2-c2ccccc21)C(=O)NCC1CCC(C(=O)O)O1. The molecule has 1 aliphatic carbocycles. The number of hydrogen-bond donors (Lipinski definition) is 3. The van der Waals surface area contributed by atoms with Gasteiger partial charge in [0, 0.05) is 12.5 Å². The molecule has 0 aromatic heterocycles. The Kier molecular flexibility index (Phi) is 7.70. The zero-order valence-electron chi connectivity index (χ0n) is 20.0. The maximum Gasteiger partial charge on any atom is 0.407 e. The van der Waals surface area contributed by atoms with E-state index < -0.39 is 24.2 Å². The van der Waals surface area contributed by atoms with Gasteiger partial charge in [-0.25, -0.2) is 9.59 Å². The van der Waals surface area contributed by atoms with Crippen molar-refractivity contribution in [1.29, 1.82) is 0 Å². The van der Waals surface area contributed by atoms with Crippen LogP contribution in [0.15, 0.2) is 48.5 Å². The van der Waals surface area contributed by atoms with Crippen molar-refractivity contribution in [2.24, 2.45) is 5.92 Å². The number of carbonyl (C=O) groups is 3. The summed E-state index contributed by atoms with van der Waals surface area (Å²) in [6.07, 6.45) is -0.167. The van der Waals surface area contributed by atoms with Gasteiger partial charge in [-0.1, -0.05) is 68.8 Å². The van der Waals surface area contributed by atoms with Crippen molar-refractivity contribution in [2.45, 2.75) is 57.3 Å². The van der Waals surface area contributed by atoms with Crippen LogP contribution in [0.4, 0.5) is 4.79 Å². The molecule has 1 saturated heterocycles. The van der Waals surface area contributed by atoms with E-state index in [9.17, 15) is 14.4 Å². The van der Waals surface area contributed by atoms with Crippen molar-refractivity contribution >= 4 is 18.0 Å². The molecule has 2 aromatic carbocycles. The molecule has 2 amide bonds. The minimum absolute atomic E-state index is 0.0641. The van der Waals surface area contributed by atoms with E-state index in [0.29, 0.717) is 19.3 Å². The van der Waals surface area contributed by atoms with Gasteiger partial charge in [-0.2, -0.15) is 0 Å². The molecule has 2 aromatic rings. The van der Waals surface area contributed by atoms with E-state index in [1.807, 2.05) is 38.1 Å². The lowest BCUT2D eigenvalue weighted by molar-refractivity contribution is -0.149. The number of rotatable bonds is 9. The fraction of sp³-hybridized carbons (Fsp3) is 0.444. The number of benzene rings is 2. The van der Waals surface area contributed by atoms with E-state index in [2.05, 4.69) is 34.9 Å². The van der Waals surface area contributed by atoms with Gasteiger partial charge < -0.3 is 25.2 Å². The monoisotopic (exact) mass is 480 g/mol. The highest BCUT2D eigenvalue weighted by molar-refractivity contribution is 5.86. The number of aliphatic carboxylic acids is 1. The van der Waals surface area contributed by atoms with Crippen LogP contribution < -0.4 is 10.6 Å². The first kappa shape index (κ1) is 24.7. The number of alkyl carbamates (subject to hydrolysis) is 1. The molecule has 1 fully saturated rings. The van der Waals surface area contributed by atoms with E-state index in [4.69, 9.17) is 14.6 Å². The van der Waals surface area contributed by atoms with Gasteiger partial charge in [0.2, 0.25) is 5.91 Å². The molecule has 1 heterocycles.